The van der Waals surface area contributed by atoms with Gasteiger partial charge in [0.25, 0.3) is 5.91 Å². The van der Waals surface area contributed by atoms with E-state index in [9.17, 15) is 23.1 Å². The smallest absolute Gasteiger partial charge is 0.322 e. The third-order valence-electron chi connectivity index (χ3n) is 3.93. The van der Waals surface area contributed by atoms with E-state index in [-0.39, 0.29) is 29.6 Å². The van der Waals surface area contributed by atoms with Gasteiger partial charge in [-0.2, -0.15) is 4.31 Å². The lowest BCUT2D eigenvalue weighted by molar-refractivity contribution is -0.142. The molecule has 1 aromatic rings. The Morgan fingerprint density at radius 3 is 2.87 bits per heavy atom. The van der Waals surface area contributed by atoms with E-state index in [0.717, 1.165) is 4.31 Å². The van der Waals surface area contributed by atoms with E-state index < -0.39 is 22.0 Å². The van der Waals surface area contributed by atoms with Gasteiger partial charge in [0, 0.05) is 6.54 Å². The predicted molar refractivity (Wildman–Crippen MR) is 79.7 cm³/mol. The number of hydrogen-bond acceptors (Lipinski definition) is 5. The molecule has 0 saturated carbocycles. The molecule has 23 heavy (non-hydrogen) atoms. The number of carboxylic acids is 1. The molecule has 1 atom stereocenters. The zero-order chi connectivity index (χ0) is 16.6. The molecule has 8 nitrogen and oxygen atoms in total. The Balaban J connectivity index is 1.97. The van der Waals surface area contributed by atoms with Crippen LogP contribution in [0.4, 0.5) is 5.69 Å². The highest BCUT2D eigenvalue weighted by atomic mass is 32.2. The van der Waals surface area contributed by atoms with Crippen LogP contribution in [-0.4, -0.2) is 48.9 Å². The number of carbonyl (C=O) groups excluding carboxylic acids is 1. The van der Waals surface area contributed by atoms with Gasteiger partial charge in [-0.25, -0.2) is 8.42 Å². The van der Waals surface area contributed by atoms with Crippen LogP contribution < -0.4 is 10.1 Å². The summed E-state index contributed by atoms with van der Waals surface area (Å²) in [6, 6.07) is 3.06. The zero-order valence-corrected chi connectivity index (χ0v) is 13.0. The van der Waals surface area contributed by atoms with Crippen LogP contribution in [-0.2, 0) is 19.6 Å². The summed E-state index contributed by atoms with van der Waals surface area (Å²) in [5.74, 6) is -1.13. The van der Waals surface area contributed by atoms with Gasteiger partial charge in [0.05, 0.1) is 10.6 Å². The average molecular weight is 340 g/mol. The number of sulfonamides is 1. The largest absolute Gasteiger partial charge is 0.482 e. The van der Waals surface area contributed by atoms with Crippen LogP contribution in [0.15, 0.2) is 23.1 Å². The molecular weight excluding hydrogens is 324 g/mol. The Hall–Kier alpha value is -2.13. The maximum absolute atomic E-state index is 12.8. The highest BCUT2D eigenvalue weighted by Crippen LogP contribution is 2.33. The van der Waals surface area contributed by atoms with Gasteiger partial charge in [0.1, 0.15) is 11.8 Å². The molecule has 2 aliphatic rings. The zero-order valence-electron chi connectivity index (χ0n) is 12.2. The van der Waals surface area contributed by atoms with E-state index in [1.165, 1.54) is 18.2 Å². The number of aliphatic carboxylic acids is 1. The number of rotatable bonds is 3. The Bertz CT molecular complexity index is 761. The Labute approximate surface area is 133 Å². The SMILES string of the molecule is O=C1COc2ccc(S(=O)(=O)N3CCCC[C@@H]3C(=O)O)cc2N1. The van der Waals surface area contributed by atoms with Gasteiger partial charge >= 0.3 is 5.97 Å². The molecule has 2 heterocycles. The van der Waals surface area contributed by atoms with E-state index in [1.807, 2.05) is 0 Å². The predicted octanol–water partition coefficient (Wildman–Crippen LogP) is 0.645. The number of nitrogens with zero attached hydrogens (tertiary/aromatic N) is 1. The van der Waals surface area contributed by atoms with Crippen LogP contribution >= 0.6 is 0 Å². The lowest BCUT2D eigenvalue weighted by atomic mass is 10.1. The Morgan fingerprint density at radius 2 is 2.13 bits per heavy atom. The quantitative estimate of drug-likeness (QED) is 0.835. The first kappa shape index (κ1) is 15.8. The summed E-state index contributed by atoms with van der Waals surface area (Å²) in [5.41, 5.74) is 0.270. The van der Waals surface area contributed by atoms with Crippen LogP contribution in [0.3, 0.4) is 0 Å². The molecule has 2 N–H and O–H groups in total. The number of hydrogen-bond donors (Lipinski definition) is 2. The number of carbonyl (C=O) groups is 2. The molecule has 0 unspecified atom stereocenters. The van der Waals surface area contributed by atoms with E-state index in [4.69, 9.17) is 4.74 Å². The number of benzene rings is 1. The second-order valence-electron chi connectivity index (χ2n) is 5.46. The van der Waals surface area contributed by atoms with Crippen LogP contribution in [0.25, 0.3) is 0 Å². The van der Waals surface area contributed by atoms with Gasteiger partial charge < -0.3 is 15.2 Å². The van der Waals surface area contributed by atoms with Crippen LogP contribution in [0, 0.1) is 0 Å². The molecule has 1 aromatic carbocycles. The number of amides is 1. The van der Waals surface area contributed by atoms with Crippen molar-refractivity contribution in [3.8, 4) is 5.75 Å². The van der Waals surface area contributed by atoms with Crippen LogP contribution in [0.1, 0.15) is 19.3 Å². The first-order chi connectivity index (χ1) is 10.9. The van der Waals surface area contributed by atoms with E-state index in [0.29, 0.717) is 25.0 Å². The highest BCUT2D eigenvalue weighted by molar-refractivity contribution is 7.89. The molecule has 3 rings (SSSR count). The van der Waals surface area contributed by atoms with Gasteiger partial charge in [-0.3, -0.25) is 9.59 Å². The normalized spacial score (nSPS) is 21.9. The first-order valence-electron chi connectivity index (χ1n) is 7.21. The molecule has 1 saturated heterocycles. The van der Waals surface area contributed by atoms with Crippen molar-refractivity contribution in [2.45, 2.75) is 30.2 Å². The third-order valence-corrected chi connectivity index (χ3v) is 5.83. The van der Waals surface area contributed by atoms with Gasteiger partial charge in [-0.15, -0.1) is 0 Å². The van der Waals surface area contributed by atoms with E-state index in [1.54, 1.807) is 0 Å². The van der Waals surface area contributed by atoms with Gasteiger partial charge in [0.15, 0.2) is 6.61 Å². The van der Waals surface area contributed by atoms with E-state index in [2.05, 4.69) is 5.32 Å². The van der Waals surface area contributed by atoms with Crippen molar-refractivity contribution in [3.63, 3.8) is 0 Å². The lowest BCUT2D eigenvalue weighted by Crippen LogP contribution is -2.47. The third kappa shape index (κ3) is 2.89. The van der Waals surface area contributed by atoms with Crippen molar-refractivity contribution in [2.75, 3.05) is 18.5 Å². The van der Waals surface area contributed by atoms with E-state index >= 15 is 0 Å². The number of carboxylic acid groups (broad SMARTS) is 1. The number of ether oxygens (including phenoxy) is 1. The maximum Gasteiger partial charge on any atom is 0.322 e. The Morgan fingerprint density at radius 1 is 1.35 bits per heavy atom. The highest BCUT2D eigenvalue weighted by Gasteiger charge is 2.38. The summed E-state index contributed by atoms with van der Waals surface area (Å²) in [6.07, 6.45) is 1.59. The molecule has 0 bridgehead atoms. The maximum atomic E-state index is 12.8. The molecule has 2 aliphatic heterocycles. The van der Waals surface area contributed by atoms with Crippen molar-refractivity contribution in [2.24, 2.45) is 0 Å². The minimum absolute atomic E-state index is 0.0600. The molecular formula is C14H16N2O6S. The number of anilines is 1. The van der Waals surface area contributed by atoms with Gasteiger partial charge in [-0.05, 0) is 37.5 Å². The van der Waals surface area contributed by atoms with Crippen molar-refractivity contribution in [1.29, 1.82) is 0 Å². The second kappa shape index (κ2) is 5.82. The van der Waals surface area contributed by atoms with Gasteiger partial charge in [0.2, 0.25) is 10.0 Å². The monoisotopic (exact) mass is 340 g/mol. The van der Waals surface area contributed by atoms with Crippen LogP contribution in [0.5, 0.6) is 5.75 Å². The summed E-state index contributed by atoms with van der Waals surface area (Å²) < 4.78 is 31.8. The van der Waals surface area contributed by atoms with Crippen LogP contribution in [0.2, 0.25) is 0 Å². The summed E-state index contributed by atoms with van der Waals surface area (Å²) >= 11 is 0. The summed E-state index contributed by atoms with van der Waals surface area (Å²) in [6.45, 7) is 0.0472. The number of piperidine rings is 1. The minimum Gasteiger partial charge on any atom is -0.482 e. The summed E-state index contributed by atoms with van der Waals surface area (Å²) in [7, 11) is -3.96. The minimum atomic E-state index is -3.96. The molecule has 0 spiro atoms. The summed E-state index contributed by atoms with van der Waals surface area (Å²) in [5, 5.41) is 11.8. The molecule has 0 aliphatic carbocycles. The summed E-state index contributed by atoms with van der Waals surface area (Å²) in [4.78, 5) is 22.6. The topological polar surface area (TPSA) is 113 Å². The standard InChI is InChI=1S/C14H16N2O6S/c17-13-8-22-12-5-4-9(7-10(12)15-13)23(20,21)16-6-2-1-3-11(16)14(18)19/h4-5,7,11H,1-3,6,8H2,(H,15,17)(H,18,19)/t11-/m1/s1. The number of fused-ring (bicyclic) bond motifs is 1. The van der Waals surface area contributed by atoms with Crippen molar-refractivity contribution in [1.82, 2.24) is 4.31 Å². The fourth-order valence-electron chi connectivity index (χ4n) is 2.80. The molecule has 0 radical (unpaired) electrons. The Kier molecular flexibility index (Phi) is 3.99. The molecule has 1 amide bonds. The molecule has 9 heteroatoms. The fourth-order valence-corrected chi connectivity index (χ4v) is 4.48. The van der Waals surface area contributed by atoms with Crippen molar-refractivity contribution >= 4 is 27.6 Å². The lowest BCUT2D eigenvalue weighted by Gasteiger charge is -2.32. The fraction of sp³-hybridized carbons (Fsp3) is 0.429. The van der Waals surface area contributed by atoms with Gasteiger partial charge in [-0.1, -0.05) is 0 Å². The number of nitrogens with one attached hydrogen (secondary N) is 1. The van der Waals surface area contributed by atoms with Crippen molar-refractivity contribution < 1.29 is 27.9 Å². The molecule has 124 valence electrons. The second-order valence-corrected chi connectivity index (χ2v) is 7.35. The molecule has 0 aromatic heterocycles. The first-order valence-corrected chi connectivity index (χ1v) is 8.65. The molecule has 1 fully saturated rings. The van der Waals surface area contributed by atoms with Crippen molar-refractivity contribution in [3.05, 3.63) is 18.2 Å². The average Bonchev–Trinajstić information content (AvgIpc) is 2.54.